The topological polar surface area (TPSA) is 58.4 Å². The molecule has 0 atom stereocenters. The number of benzene rings is 1. The molecule has 0 bridgehead atoms. The fourth-order valence-electron chi connectivity index (χ4n) is 1.29. The summed E-state index contributed by atoms with van der Waals surface area (Å²) in [4.78, 5) is 12.3. The van der Waals surface area contributed by atoms with E-state index in [4.69, 9.17) is 0 Å². The first kappa shape index (κ1) is 11.3. The lowest BCUT2D eigenvalue weighted by Gasteiger charge is -2.14. The average Bonchev–Trinajstić information content (AvgIpc) is 2.17. The molecule has 0 saturated carbocycles. The molecule has 15 heavy (non-hydrogen) atoms. The quantitative estimate of drug-likeness (QED) is 0.609. The number of nitrogens with one attached hydrogen (secondary N) is 1. The molecule has 0 spiro atoms. The van der Waals surface area contributed by atoms with Gasteiger partial charge in [-0.25, -0.2) is 0 Å². The number of hydrogen-bond donors (Lipinski definition) is 1. The van der Waals surface area contributed by atoms with Gasteiger partial charge in [-0.1, -0.05) is 0 Å². The fourth-order valence-corrected chi connectivity index (χ4v) is 1.29. The van der Waals surface area contributed by atoms with Gasteiger partial charge in [-0.15, -0.1) is 0 Å². The fraction of sp³-hybridized carbons (Fsp3) is 0.400. The van der Waals surface area contributed by atoms with Crippen LogP contribution >= 0.6 is 0 Å². The molecule has 0 radical (unpaired) electrons. The number of nitro groups is 1. The Bertz CT molecular complexity index is 364. The Morgan fingerprint density at radius 1 is 1.47 bits per heavy atom. The Kier molecular flexibility index (Phi) is 3.49. The highest BCUT2D eigenvalue weighted by molar-refractivity contribution is 5.68. The molecule has 82 valence electrons. The third-order valence-corrected chi connectivity index (χ3v) is 2.06. The molecule has 0 aromatic heterocycles. The van der Waals surface area contributed by atoms with E-state index in [1.54, 1.807) is 12.1 Å². The van der Waals surface area contributed by atoms with E-state index >= 15 is 0 Å². The van der Waals surface area contributed by atoms with Crippen molar-refractivity contribution in [1.82, 2.24) is 0 Å². The summed E-state index contributed by atoms with van der Waals surface area (Å²) in [6.45, 7) is 2.57. The Balaban J connectivity index is 3.14. The second-order valence-corrected chi connectivity index (χ2v) is 3.38. The molecule has 1 aromatic rings. The summed E-state index contributed by atoms with van der Waals surface area (Å²) >= 11 is 0. The van der Waals surface area contributed by atoms with Gasteiger partial charge in [0.15, 0.2) is 0 Å². The average molecular weight is 209 g/mol. The zero-order valence-corrected chi connectivity index (χ0v) is 9.15. The van der Waals surface area contributed by atoms with Crippen LogP contribution in [-0.2, 0) is 0 Å². The first-order valence-corrected chi connectivity index (χ1v) is 4.76. The molecule has 0 amide bonds. The molecule has 0 aliphatic heterocycles. The van der Waals surface area contributed by atoms with Crippen LogP contribution in [0.25, 0.3) is 0 Å². The molecule has 5 nitrogen and oxygen atoms in total. The van der Waals surface area contributed by atoms with E-state index in [0.717, 1.165) is 5.69 Å². The molecule has 0 saturated heterocycles. The van der Waals surface area contributed by atoms with Gasteiger partial charge in [0, 0.05) is 32.4 Å². The van der Waals surface area contributed by atoms with Crippen LogP contribution in [0.2, 0.25) is 0 Å². The lowest BCUT2D eigenvalue weighted by Crippen LogP contribution is -2.10. The maximum Gasteiger partial charge on any atom is 0.292 e. The Morgan fingerprint density at radius 2 is 2.13 bits per heavy atom. The molecule has 0 aliphatic carbocycles. The third kappa shape index (κ3) is 2.59. The van der Waals surface area contributed by atoms with Gasteiger partial charge in [0.2, 0.25) is 0 Å². The highest BCUT2D eigenvalue weighted by atomic mass is 16.6. The molecule has 1 N–H and O–H groups in total. The van der Waals surface area contributed by atoms with Gasteiger partial charge in [0.05, 0.1) is 4.92 Å². The van der Waals surface area contributed by atoms with Gasteiger partial charge in [-0.05, 0) is 19.1 Å². The zero-order valence-electron chi connectivity index (χ0n) is 9.15. The van der Waals surface area contributed by atoms with Crippen LogP contribution in [0, 0.1) is 10.1 Å². The van der Waals surface area contributed by atoms with E-state index in [1.165, 1.54) is 6.07 Å². The number of nitro benzene ring substituents is 1. The lowest BCUT2D eigenvalue weighted by atomic mass is 10.2. The minimum Gasteiger partial charge on any atom is -0.380 e. The maximum absolute atomic E-state index is 10.7. The maximum atomic E-state index is 10.7. The second kappa shape index (κ2) is 4.63. The molecular weight excluding hydrogens is 194 g/mol. The van der Waals surface area contributed by atoms with Gasteiger partial charge in [0.1, 0.15) is 5.69 Å². The number of anilines is 2. The monoisotopic (exact) mass is 209 g/mol. The van der Waals surface area contributed by atoms with Crippen LogP contribution in [0.5, 0.6) is 0 Å². The van der Waals surface area contributed by atoms with E-state index in [2.05, 4.69) is 5.32 Å². The standard InChI is InChI=1S/C10H15N3O2/c1-4-11-9-7-8(12(2)3)5-6-10(9)13(14)15/h5-7,11H,4H2,1-3H3. The van der Waals surface area contributed by atoms with Crippen LogP contribution in [0.4, 0.5) is 17.1 Å². The molecule has 1 aromatic carbocycles. The van der Waals surface area contributed by atoms with Crippen molar-refractivity contribution in [3.63, 3.8) is 0 Å². The highest BCUT2D eigenvalue weighted by Crippen LogP contribution is 2.28. The summed E-state index contributed by atoms with van der Waals surface area (Å²) in [5.74, 6) is 0. The predicted octanol–water partition coefficient (Wildman–Crippen LogP) is 2.09. The summed E-state index contributed by atoms with van der Waals surface area (Å²) in [5, 5.41) is 13.7. The molecule has 5 heteroatoms. The highest BCUT2D eigenvalue weighted by Gasteiger charge is 2.13. The van der Waals surface area contributed by atoms with Crippen molar-refractivity contribution in [1.29, 1.82) is 0 Å². The summed E-state index contributed by atoms with van der Waals surface area (Å²) < 4.78 is 0. The van der Waals surface area contributed by atoms with Crippen molar-refractivity contribution in [3.8, 4) is 0 Å². The molecule has 0 aliphatic rings. The summed E-state index contributed by atoms with van der Waals surface area (Å²) in [7, 11) is 3.80. The predicted molar refractivity (Wildman–Crippen MR) is 61.6 cm³/mol. The second-order valence-electron chi connectivity index (χ2n) is 3.38. The minimum atomic E-state index is -0.378. The first-order chi connectivity index (χ1) is 7.06. The van der Waals surface area contributed by atoms with Crippen molar-refractivity contribution in [3.05, 3.63) is 28.3 Å². The van der Waals surface area contributed by atoms with Crippen molar-refractivity contribution in [2.75, 3.05) is 30.9 Å². The van der Waals surface area contributed by atoms with Crippen molar-refractivity contribution in [2.24, 2.45) is 0 Å². The van der Waals surface area contributed by atoms with Gasteiger partial charge >= 0.3 is 0 Å². The van der Waals surface area contributed by atoms with E-state index in [-0.39, 0.29) is 10.6 Å². The molecule has 0 heterocycles. The smallest absolute Gasteiger partial charge is 0.292 e. The summed E-state index contributed by atoms with van der Waals surface area (Å²) in [6, 6.07) is 5.04. The molecule has 0 unspecified atom stereocenters. The first-order valence-electron chi connectivity index (χ1n) is 4.76. The molecular formula is C10H15N3O2. The summed E-state index contributed by atoms with van der Waals surface area (Å²) in [6.07, 6.45) is 0. The number of hydrogen-bond acceptors (Lipinski definition) is 4. The van der Waals surface area contributed by atoms with E-state index < -0.39 is 0 Å². The lowest BCUT2D eigenvalue weighted by molar-refractivity contribution is -0.383. The van der Waals surface area contributed by atoms with Crippen LogP contribution in [0.3, 0.4) is 0 Å². The van der Waals surface area contributed by atoms with E-state index in [9.17, 15) is 10.1 Å². The van der Waals surface area contributed by atoms with Crippen molar-refractivity contribution >= 4 is 17.1 Å². The van der Waals surface area contributed by atoms with Gasteiger partial charge < -0.3 is 10.2 Å². The Morgan fingerprint density at radius 3 is 2.60 bits per heavy atom. The molecule has 1 rings (SSSR count). The van der Waals surface area contributed by atoms with Crippen LogP contribution in [-0.4, -0.2) is 25.6 Å². The SMILES string of the molecule is CCNc1cc(N(C)C)ccc1[N+](=O)[O-]. The number of nitrogens with zero attached hydrogens (tertiary/aromatic N) is 2. The zero-order chi connectivity index (χ0) is 11.4. The summed E-state index contributed by atoms with van der Waals surface area (Å²) in [5.41, 5.74) is 1.62. The van der Waals surface area contributed by atoms with Crippen LogP contribution < -0.4 is 10.2 Å². The van der Waals surface area contributed by atoms with Crippen LogP contribution in [0.15, 0.2) is 18.2 Å². The van der Waals surface area contributed by atoms with Crippen molar-refractivity contribution < 1.29 is 4.92 Å². The Labute approximate surface area is 88.9 Å². The van der Waals surface area contributed by atoms with Crippen LogP contribution in [0.1, 0.15) is 6.92 Å². The normalized spacial score (nSPS) is 9.80. The van der Waals surface area contributed by atoms with E-state index in [0.29, 0.717) is 12.2 Å². The third-order valence-electron chi connectivity index (χ3n) is 2.06. The largest absolute Gasteiger partial charge is 0.380 e. The van der Waals surface area contributed by atoms with Gasteiger partial charge in [0.25, 0.3) is 5.69 Å². The van der Waals surface area contributed by atoms with Gasteiger partial charge in [-0.3, -0.25) is 10.1 Å². The van der Waals surface area contributed by atoms with E-state index in [1.807, 2.05) is 25.9 Å². The minimum absolute atomic E-state index is 0.113. The number of rotatable bonds is 4. The van der Waals surface area contributed by atoms with Crippen molar-refractivity contribution in [2.45, 2.75) is 6.92 Å². The Hall–Kier alpha value is -1.78. The van der Waals surface area contributed by atoms with Gasteiger partial charge in [-0.2, -0.15) is 0 Å². The molecule has 0 fully saturated rings.